The molecule has 1 aromatic heterocycles. The zero-order chi connectivity index (χ0) is 14.4. The van der Waals surface area contributed by atoms with Crippen LogP contribution in [0.4, 0.5) is 0 Å². The molecule has 0 spiro atoms. The number of hydrogen-bond acceptors (Lipinski definition) is 6. The van der Waals surface area contributed by atoms with E-state index in [1.54, 1.807) is 0 Å². The maximum absolute atomic E-state index is 11.9. The SMILES string of the molecule is CCCc1nnsc1C(=O)N[C@H](CC(=O)O)C(=O)O. The van der Waals surface area contributed by atoms with Crippen LogP contribution in [0.5, 0.6) is 0 Å². The van der Waals surface area contributed by atoms with Crippen LogP contribution in [0.1, 0.15) is 35.1 Å². The van der Waals surface area contributed by atoms with Gasteiger partial charge >= 0.3 is 11.9 Å². The minimum Gasteiger partial charge on any atom is -0.481 e. The zero-order valence-corrected chi connectivity index (χ0v) is 10.9. The molecular weight excluding hydrogens is 274 g/mol. The van der Waals surface area contributed by atoms with E-state index in [9.17, 15) is 14.4 Å². The summed E-state index contributed by atoms with van der Waals surface area (Å²) in [5.41, 5.74) is 0.490. The van der Waals surface area contributed by atoms with Gasteiger partial charge in [0.15, 0.2) is 0 Å². The largest absolute Gasteiger partial charge is 0.481 e. The molecule has 1 rings (SSSR count). The molecule has 0 aliphatic heterocycles. The van der Waals surface area contributed by atoms with Crippen molar-refractivity contribution in [3.8, 4) is 0 Å². The lowest BCUT2D eigenvalue weighted by Crippen LogP contribution is -2.42. The molecule has 104 valence electrons. The van der Waals surface area contributed by atoms with Crippen molar-refractivity contribution in [2.45, 2.75) is 32.2 Å². The third kappa shape index (κ3) is 4.28. The van der Waals surface area contributed by atoms with Gasteiger partial charge in [0.1, 0.15) is 10.9 Å². The maximum atomic E-state index is 11.9. The molecule has 3 N–H and O–H groups in total. The Morgan fingerprint density at radius 2 is 2.05 bits per heavy atom. The van der Waals surface area contributed by atoms with E-state index in [2.05, 4.69) is 14.9 Å². The molecule has 0 bridgehead atoms. The number of hydrogen-bond donors (Lipinski definition) is 3. The number of nitrogens with zero attached hydrogens (tertiary/aromatic N) is 2. The second-order valence-corrected chi connectivity index (χ2v) is 4.52. The summed E-state index contributed by atoms with van der Waals surface area (Å²) in [4.78, 5) is 33.4. The Morgan fingerprint density at radius 3 is 2.58 bits per heavy atom. The van der Waals surface area contributed by atoms with Crippen molar-refractivity contribution in [1.82, 2.24) is 14.9 Å². The minimum atomic E-state index is -1.47. The number of aromatic nitrogens is 2. The number of nitrogens with one attached hydrogen (secondary N) is 1. The van der Waals surface area contributed by atoms with Gasteiger partial charge in [0, 0.05) is 0 Å². The highest BCUT2D eigenvalue weighted by Crippen LogP contribution is 2.12. The van der Waals surface area contributed by atoms with E-state index in [4.69, 9.17) is 10.2 Å². The minimum absolute atomic E-state index is 0.221. The van der Waals surface area contributed by atoms with Crippen molar-refractivity contribution in [1.29, 1.82) is 0 Å². The Kier molecular flexibility index (Phi) is 5.37. The Balaban J connectivity index is 2.78. The first kappa shape index (κ1) is 15.0. The van der Waals surface area contributed by atoms with Crippen molar-refractivity contribution in [3.05, 3.63) is 10.6 Å². The van der Waals surface area contributed by atoms with Gasteiger partial charge in [-0.05, 0) is 18.0 Å². The van der Waals surface area contributed by atoms with E-state index >= 15 is 0 Å². The smallest absolute Gasteiger partial charge is 0.326 e. The van der Waals surface area contributed by atoms with E-state index in [-0.39, 0.29) is 4.88 Å². The fraction of sp³-hybridized carbons (Fsp3) is 0.500. The summed E-state index contributed by atoms with van der Waals surface area (Å²) in [5, 5.41) is 23.4. The summed E-state index contributed by atoms with van der Waals surface area (Å²) in [6.45, 7) is 1.91. The first-order valence-electron chi connectivity index (χ1n) is 5.52. The van der Waals surface area contributed by atoms with Crippen molar-refractivity contribution in [3.63, 3.8) is 0 Å². The molecule has 8 nitrogen and oxygen atoms in total. The lowest BCUT2D eigenvalue weighted by atomic mass is 10.2. The zero-order valence-electron chi connectivity index (χ0n) is 10.1. The lowest BCUT2D eigenvalue weighted by Gasteiger charge is -2.11. The third-order valence-corrected chi connectivity index (χ3v) is 3.00. The topological polar surface area (TPSA) is 129 Å². The molecular formula is C10H13N3O5S. The predicted octanol–water partition coefficient (Wildman–Crippen LogP) is 0.148. The second-order valence-electron chi connectivity index (χ2n) is 3.76. The van der Waals surface area contributed by atoms with Gasteiger partial charge in [-0.1, -0.05) is 17.8 Å². The number of rotatable bonds is 7. The summed E-state index contributed by atoms with van der Waals surface area (Å²) in [7, 11) is 0. The Hall–Kier alpha value is -2.03. The molecule has 0 aromatic carbocycles. The Morgan fingerprint density at radius 1 is 1.37 bits per heavy atom. The van der Waals surface area contributed by atoms with Crippen LogP contribution in [0.2, 0.25) is 0 Å². The molecule has 0 saturated carbocycles. The van der Waals surface area contributed by atoms with Crippen LogP contribution in [0.25, 0.3) is 0 Å². The fourth-order valence-electron chi connectivity index (χ4n) is 1.38. The van der Waals surface area contributed by atoms with E-state index in [0.717, 1.165) is 18.0 Å². The van der Waals surface area contributed by atoms with Crippen LogP contribution in [-0.4, -0.2) is 43.7 Å². The molecule has 0 aliphatic rings. The van der Waals surface area contributed by atoms with Crippen LogP contribution >= 0.6 is 11.5 Å². The van der Waals surface area contributed by atoms with Gasteiger partial charge < -0.3 is 15.5 Å². The Bertz CT molecular complexity index is 487. The van der Waals surface area contributed by atoms with Crippen molar-refractivity contribution in [2.75, 3.05) is 0 Å². The van der Waals surface area contributed by atoms with E-state index in [1.165, 1.54) is 0 Å². The van der Waals surface area contributed by atoms with Gasteiger partial charge in [-0.15, -0.1) is 5.10 Å². The first-order valence-corrected chi connectivity index (χ1v) is 6.29. The van der Waals surface area contributed by atoms with Crippen molar-refractivity contribution in [2.24, 2.45) is 0 Å². The van der Waals surface area contributed by atoms with Crippen LogP contribution < -0.4 is 5.32 Å². The molecule has 1 aromatic rings. The number of aryl methyl sites for hydroxylation is 1. The maximum Gasteiger partial charge on any atom is 0.326 e. The van der Waals surface area contributed by atoms with Gasteiger partial charge in [-0.2, -0.15) is 0 Å². The monoisotopic (exact) mass is 287 g/mol. The molecule has 0 radical (unpaired) electrons. The summed E-state index contributed by atoms with van der Waals surface area (Å²) in [6.07, 6.45) is 0.634. The second kappa shape index (κ2) is 6.78. The van der Waals surface area contributed by atoms with Crippen molar-refractivity contribution >= 4 is 29.4 Å². The van der Waals surface area contributed by atoms with Gasteiger partial charge in [-0.3, -0.25) is 9.59 Å². The molecule has 0 fully saturated rings. The summed E-state index contributed by atoms with van der Waals surface area (Å²) >= 11 is 0.857. The standard InChI is InChI=1S/C10H13N3O5S/c1-2-3-5-8(19-13-12-5)9(16)11-6(10(17)18)4-7(14)15/h6H,2-4H2,1H3,(H,11,16)(H,14,15)(H,17,18)/t6-/m1/s1. The molecule has 9 heteroatoms. The summed E-state index contributed by atoms with van der Waals surface area (Å²) in [5.74, 6) is -3.36. The van der Waals surface area contributed by atoms with Crippen LogP contribution in [-0.2, 0) is 16.0 Å². The highest BCUT2D eigenvalue weighted by Gasteiger charge is 2.25. The molecule has 0 unspecified atom stereocenters. The average Bonchev–Trinajstić information content (AvgIpc) is 2.76. The van der Waals surface area contributed by atoms with Crippen LogP contribution in [0.3, 0.4) is 0 Å². The highest BCUT2D eigenvalue weighted by molar-refractivity contribution is 7.08. The number of amides is 1. The molecule has 1 amide bonds. The fourth-order valence-corrected chi connectivity index (χ4v) is 1.99. The molecule has 19 heavy (non-hydrogen) atoms. The van der Waals surface area contributed by atoms with Gasteiger partial charge in [-0.25, -0.2) is 4.79 Å². The molecule has 1 heterocycles. The molecule has 0 aliphatic carbocycles. The molecule has 1 atom stereocenters. The lowest BCUT2D eigenvalue weighted by molar-refractivity contribution is -0.145. The summed E-state index contributed by atoms with van der Waals surface area (Å²) < 4.78 is 3.64. The average molecular weight is 287 g/mol. The van der Waals surface area contributed by atoms with E-state index in [0.29, 0.717) is 12.1 Å². The highest BCUT2D eigenvalue weighted by atomic mass is 32.1. The first-order chi connectivity index (χ1) is 8.95. The van der Waals surface area contributed by atoms with Crippen molar-refractivity contribution < 1.29 is 24.6 Å². The van der Waals surface area contributed by atoms with E-state index < -0.39 is 30.3 Å². The Labute approximate surface area is 112 Å². The molecule has 0 saturated heterocycles. The number of carboxylic acid groups (broad SMARTS) is 2. The van der Waals surface area contributed by atoms with Crippen LogP contribution in [0.15, 0.2) is 0 Å². The number of carbonyl (C=O) groups is 3. The van der Waals surface area contributed by atoms with Gasteiger partial charge in [0.25, 0.3) is 5.91 Å². The summed E-state index contributed by atoms with van der Waals surface area (Å²) in [6, 6.07) is -1.47. The number of carbonyl (C=O) groups excluding carboxylic acids is 1. The number of carboxylic acids is 2. The quantitative estimate of drug-likeness (QED) is 0.650. The van der Waals surface area contributed by atoms with Crippen LogP contribution in [0, 0.1) is 0 Å². The normalized spacial score (nSPS) is 11.8. The van der Waals surface area contributed by atoms with Gasteiger partial charge in [0.2, 0.25) is 0 Å². The number of aliphatic carboxylic acids is 2. The third-order valence-electron chi connectivity index (χ3n) is 2.23. The predicted molar refractivity (Wildman–Crippen MR) is 65.0 cm³/mol. The van der Waals surface area contributed by atoms with Gasteiger partial charge in [0.05, 0.1) is 12.1 Å². The van der Waals surface area contributed by atoms with E-state index in [1.807, 2.05) is 6.92 Å².